The van der Waals surface area contributed by atoms with E-state index in [2.05, 4.69) is 5.43 Å². The average molecular weight is 271 g/mol. The van der Waals surface area contributed by atoms with Crippen LogP contribution >= 0.6 is 0 Å². The van der Waals surface area contributed by atoms with Crippen molar-refractivity contribution in [2.75, 3.05) is 18.5 Å². The molecule has 0 radical (unpaired) electrons. The maximum atomic E-state index is 12.3. The zero-order valence-corrected chi connectivity index (χ0v) is 10.7. The molecule has 0 spiro atoms. The monoisotopic (exact) mass is 271 g/mol. The van der Waals surface area contributed by atoms with Crippen molar-refractivity contribution < 1.29 is 13.5 Å². The number of benzene rings is 1. The number of piperidine rings is 1. The van der Waals surface area contributed by atoms with Crippen molar-refractivity contribution in [3.63, 3.8) is 0 Å². The lowest BCUT2D eigenvalue weighted by molar-refractivity contribution is 0.113. The standard InChI is InChI=1S/C11H17N3O3S/c12-13-9-1-3-11(4-2-9)18(16,17)14-7-5-10(15)6-8-14/h1-4,10,13,15H,5-8,12H2. The SMILES string of the molecule is NNc1ccc(S(=O)(=O)N2CCC(O)CC2)cc1. The van der Waals surface area contributed by atoms with Gasteiger partial charge in [-0.3, -0.25) is 5.84 Å². The minimum absolute atomic E-state index is 0.248. The molecule has 100 valence electrons. The van der Waals surface area contributed by atoms with Crippen molar-refractivity contribution in [3.8, 4) is 0 Å². The number of nitrogens with one attached hydrogen (secondary N) is 1. The van der Waals surface area contributed by atoms with Gasteiger partial charge in [0.25, 0.3) is 0 Å². The molecule has 0 saturated carbocycles. The van der Waals surface area contributed by atoms with Gasteiger partial charge in [-0.2, -0.15) is 4.31 Å². The average Bonchev–Trinajstić information content (AvgIpc) is 2.39. The smallest absolute Gasteiger partial charge is 0.243 e. The van der Waals surface area contributed by atoms with E-state index in [9.17, 15) is 13.5 Å². The lowest BCUT2D eigenvalue weighted by atomic mass is 10.1. The fourth-order valence-corrected chi connectivity index (χ4v) is 3.42. The van der Waals surface area contributed by atoms with Crippen LogP contribution in [0.1, 0.15) is 12.8 Å². The Labute approximate surface area is 106 Å². The molecule has 0 aromatic heterocycles. The first-order valence-electron chi connectivity index (χ1n) is 5.79. The van der Waals surface area contributed by atoms with Crippen LogP contribution in [0.3, 0.4) is 0 Å². The number of aliphatic hydroxyl groups is 1. The zero-order valence-electron chi connectivity index (χ0n) is 9.91. The van der Waals surface area contributed by atoms with Crippen molar-refractivity contribution >= 4 is 15.7 Å². The molecular weight excluding hydrogens is 254 g/mol. The number of nitrogen functional groups attached to an aromatic ring is 1. The van der Waals surface area contributed by atoms with Crippen LogP contribution in [0.2, 0.25) is 0 Å². The minimum Gasteiger partial charge on any atom is -0.393 e. The highest BCUT2D eigenvalue weighted by Crippen LogP contribution is 2.21. The molecule has 1 heterocycles. The van der Waals surface area contributed by atoms with Gasteiger partial charge in [-0.15, -0.1) is 0 Å². The van der Waals surface area contributed by atoms with Gasteiger partial charge in [0.05, 0.1) is 11.0 Å². The molecule has 4 N–H and O–H groups in total. The number of nitrogens with two attached hydrogens (primary N) is 1. The summed E-state index contributed by atoms with van der Waals surface area (Å²) in [6, 6.07) is 6.28. The quantitative estimate of drug-likeness (QED) is 0.536. The molecular formula is C11H17N3O3S. The van der Waals surface area contributed by atoms with E-state index in [-0.39, 0.29) is 11.0 Å². The minimum atomic E-state index is -3.46. The summed E-state index contributed by atoms with van der Waals surface area (Å²) in [4.78, 5) is 0.248. The molecule has 1 aliphatic rings. The largest absolute Gasteiger partial charge is 0.393 e. The van der Waals surface area contributed by atoms with Gasteiger partial charge in [0.15, 0.2) is 0 Å². The van der Waals surface area contributed by atoms with Gasteiger partial charge in [-0.05, 0) is 37.1 Å². The summed E-state index contributed by atoms with van der Waals surface area (Å²) >= 11 is 0. The molecule has 2 rings (SSSR count). The number of aliphatic hydroxyl groups excluding tert-OH is 1. The fourth-order valence-electron chi connectivity index (χ4n) is 1.95. The molecule has 0 atom stereocenters. The summed E-state index contributed by atoms with van der Waals surface area (Å²) in [5.74, 6) is 5.23. The van der Waals surface area contributed by atoms with Crippen LogP contribution in [0.5, 0.6) is 0 Å². The second kappa shape index (κ2) is 5.23. The maximum absolute atomic E-state index is 12.3. The molecule has 6 nitrogen and oxygen atoms in total. The van der Waals surface area contributed by atoms with Gasteiger partial charge < -0.3 is 10.5 Å². The van der Waals surface area contributed by atoms with Crippen molar-refractivity contribution in [2.24, 2.45) is 5.84 Å². The van der Waals surface area contributed by atoms with Crippen LogP contribution in [0.25, 0.3) is 0 Å². The van der Waals surface area contributed by atoms with E-state index < -0.39 is 10.0 Å². The number of anilines is 1. The molecule has 7 heteroatoms. The number of hydrogen-bond acceptors (Lipinski definition) is 5. The van der Waals surface area contributed by atoms with E-state index in [1.807, 2.05) is 0 Å². The second-order valence-corrected chi connectivity index (χ2v) is 6.24. The maximum Gasteiger partial charge on any atom is 0.243 e. The Balaban J connectivity index is 2.19. The molecule has 1 fully saturated rings. The number of sulfonamides is 1. The predicted octanol–water partition coefficient (Wildman–Crippen LogP) is 0.118. The highest BCUT2D eigenvalue weighted by molar-refractivity contribution is 7.89. The summed E-state index contributed by atoms with van der Waals surface area (Å²) < 4.78 is 26.0. The second-order valence-electron chi connectivity index (χ2n) is 4.30. The lowest BCUT2D eigenvalue weighted by Gasteiger charge is -2.28. The molecule has 0 bridgehead atoms. The summed E-state index contributed by atoms with van der Waals surface area (Å²) in [6.07, 6.45) is 0.587. The van der Waals surface area contributed by atoms with Gasteiger partial charge >= 0.3 is 0 Å². The molecule has 1 aliphatic heterocycles. The first-order chi connectivity index (χ1) is 8.54. The van der Waals surface area contributed by atoms with Crippen LogP contribution in [0.4, 0.5) is 5.69 Å². The summed E-state index contributed by atoms with van der Waals surface area (Å²) in [7, 11) is -3.46. The number of hydrogen-bond donors (Lipinski definition) is 3. The van der Waals surface area contributed by atoms with E-state index >= 15 is 0 Å². The highest BCUT2D eigenvalue weighted by atomic mass is 32.2. The third-order valence-corrected chi connectivity index (χ3v) is 5.00. The van der Waals surface area contributed by atoms with Crippen molar-refractivity contribution in [1.82, 2.24) is 4.31 Å². The molecule has 1 aromatic rings. The van der Waals surface area contributed by atoms with Crippen LogP contribution in [0, 0.1) is 0 Å². The van der Waals surface area contributed by atoms with Crippen molar-refractivity contribution in [2.45, 2.75) is 23.8 Å². The number of nitrogens with zero attached hydrogens (tertiary/aromatic N) is 1. The Hall–Kier alpha value is -1.15. The third kappa shape index (κ3) is 2.64. The summed E-state index contributed by atoms with van der Waals surface area (Å²) in [5.41, 5.74) is 3.11. The Morgan fingerprint density at radius 2 is 1.78 bits per heavy atom. The topological polar surface area (TPSA) is 95.7 Å². The van der Waals surface area contributed by atoms with Gasteiger partial charge in [0, 0.05) is 18.8 Å². The summed E-state index contributed by atoms with van der Waals surface area (Å²) in [6.45, 7) is 0.723. The van der Waals surface area contributed by atoms with Crippen LogP contribution in [0.15, 0.2) is 29.2 Å². The third-order valence-electron chi connectivity index (χ3n) is 3.08. The summed E-state index contributed by atoms with van der Waals surface area (Å²) in [5, 5.41) is 9.39. The van der Waals surface area contributed by atoms with E-state index in [1.54, 1.807) is 12.1 Å². The molecule has 0 unspecified atom stereocenters. The van der Waals surface area contributed by atoms with Crippen molar-refractivity contribution in [1.29, 1.82) is 0 Å². The lowest BCUT2D eigenvalue weighted by Crippen LogP contribution is -2.39. The van der Waals surface area contributed by atoms with Crippen LogP contribution < -0.4 is 11.3 Å². The Morgan fingerprint density at radius 1 is 1.22 bits per heavy atom. The first kappa shape index (κ1) is 13.3. The molecule has 1 saturated heterocycles. The van der Waals surface area contributed by atoms with Gasteiger partial charge in [0.1, 0.15) is 0 Å². The van der Waals surface area contributed by atoms with Crippen molar-refractivity contribution in [3.05, 3.63) is 24.3 Å². The molecule has 1 aromatic carbocycles. The van der Waals surface area contributed by atoms with Gasteiger partial charge in [-0.1, -0.05) is 0 Å². The Kier molecular flexibility index (Phi) is 3.86. The zero-order chi connectivity index (χ0) is 13.2. The van der Waals surface area contributed by atoms with E-state index in [1.165, 1.54) is 16.4 Å². The van der Waals surface area contributed by atoms with Crippen LogP contribution in [-0.4, -0.2) is 37.0 Å². The highest BCUT2D eigenvalue weighted by Gasteiger charge is 2.28. The Morgan fingerprint density at radius 3 is 2.28 bits per heavy atom. The van der Waals surface area contributed by atoms with E-state index in [0.717, 1.165) is 0 Å². The normalized spacial score (nSPS) is 18.8. The molecule has 0 amide bonds. The fraction of sp³-hybridized carbons (Fsp3) is 0.455. The Bertz CT molecular complexity index is 493. The van der Waals surface area contributed by atoms with Gasteiger partial charge in [0.2, 0.25) is 10.0 Å². The number of hydrazine groups is 1. The first-order valence-corrected chi connectivity index (χ1v) is 7.23. The van der Waals surface area contributed by atoms with E-state index in [0.29, 0.717) is 31.6 Å². The predicted molar refractivity (Wildman–Crippen MR) is 68.3 cm³/mol. The van der Waals surface area contributed by atoms with Crippen LogP contribution in [-0.2, 0) is 10.0 Å². The van der Waals surface area contributed by atoms with E-state index in [4.69, 9.17) is 5.84 Å². The molecule has 18 heavy (non-hydrogen) atoms. The number of rotatable bonds is 3. The van der Waals surface area contributed by atoms with Gasteiger partial charge in [-0.25, -0.2) is 8.42 Å². The molecule has 0 aliphatic carbocycles.